The molecule has 2 N–H and O–H groups in total. The van der Waals surface area contributed by atoms with Gasteiger partial charge in [-0.05, 0) is 13.0 Å². The molecule has 0 aromatic heterocycles. The summed E-state index contributed by atoms with van der Waals surface area (Å²) in [4.78, 5) is 0. The molecule has 6 heteroatoms. The average molecular weight is 225 g/mol. The van der Waals surface area contributed by atoms with Gasteiger partial charge in [-0.3, -0.25) is 0 Å². The van der Waals surface area contributed by atoms with Crippen LogP contribution in [0.1, 0.15) is 18.2 Å². The minimum Gasteiger partial charge on any atom is -0.330 e. The van der Waals surface area contributed by atoms with Crippen molar-refractivity contribution in [2.24, 2.45) is 5.73 Å². The van der Waals surface area contributed by atoms with Crippen LogP contribution < -0.4 is 5.73 Å². The van der Waals surface area contributed by atoms with Gasteiger partial charge in [0.15, 0.2) is 23.3 Å². The second-order valence-corrected chi connectivity index (χ2v) is 2.93. The summed E-state index contributed by atoms with van der Waals surface area (Å²) in [6.07, 6.45) is -2.56. The van der Waals surface area contributed by atoms with Crippen molar-refractivity contribution in [3.05, 3.63) is 34.9 Å². The number of nitrogens with two attached hydrogens (primary N) is 1. The third-order valence-electron chi connectivity index (χ3n) is 1.88. The first-order valence-electron chi connectivity index (χ1n) is 4.16. The highest BCUT2D eigenvalue weighted by molar-refractivity contribution is 5.24. The Kier molecular flexibility index (Phi) is 3.62. The number of halogens is 5. The summed E-state index contributed by atoms with van der Waals surface area (Å²) in [7, 11) is 0. The molecule has 0 saturated carbocycles. The fourth-order valence-electron chi connectivity index (χ4n) is 1.16. The van der Waals surface area contributed by atoms with Crippen molar-refractivity contribution in [2.45, 2.75) is 12.6 Å². The van der Waals surface area contributed by atoms with Crippen molar-refractivity contribution in [1.82, 2.24) is 0 Å². The zero-order chi connectivity index (χ0) is 11.6. The lowest BCUT2D eigenvalue weighted by Crippen LogP contribution is -2.09. The Balaban J connectivity index is 3.26. The monoisotopic (exact) mass is 225 g/mol. The molecular formula is C9H8F5N. The molecule has 0 fully saturated rings. The number of rotatable bonds is 3. The number of hydrogen-bond donors (Lipinski definition) is 1. The van der Waals surface area contributed by atoms with Crippen LogP contribution >= 0.6 is 0 Å². The Morgan fingerprint density at radius 2 is 1.53 bits per heavy atom. The highest BCUT2D eigenvalue weighted by Crippen LogP contribution is 2.29. The lowest BCUT2D eigenvalue weighted by molar-refractivity contribution is 0.295. The fraction of sp³-hybridized carbons (Fsp3) is 0.333. The van der Waals surface area contributed by atoms with Gasteiger partial charge in [-0.2, -0.15) is 0 Å². The minimum atomic E-state index is -2.15. The zero-order valence-electron chi connectivity index (χ0n) is 7.54. The standard InChI is InChI=1S/C9H8F5N/c10-4(1-2-15)7-8(13)5(11)3-6(12)9(7)14/h3-4H,1-2,15H2. The molecule has 1 unspecified atom stereocenters. The molecule has 0 radical (unpaired) electrons. The van der Waals surface area contributed by atoms with Crippen LogP contribution in [0.15, 0.2) is 6.07 Å². The maximum absolute atomic E-state index is 13.1. The number of alkyl halides is 1. The van der Waals surface area contributed by atoms with E-state index in [-0.39, 0.29) is 12.6 Å². The van der Waals surface area contributed by atoms with Gasteiger partial charge in [0.05, 0.1) is 5.56 Å². The third kappa shape index (κ3) is 2.26. The second-order valence-electron chi connectivity index (χ2n) is 2.93. The summed E-state index contributed by atoms with van der Waals surface area (Å²) in [6, 6.07) is 0.0311. The average Bonchev–Trinajstić information content (AvgIpc) is 2.16. The maximum atomic E-state index is 13.1. The SMILES string of the molecule is NCCC(F)c1c(F)c(F)cc(F)c1F. The molecule has 0 heterocycles. The van der Waals surface area contributed by atoms with Gasteiger partial charge in [-0.25, -0.2) is 22.0 Å². The number of hydrogen-bond acceptors (Lipinski definition) is 1. The molecule has 1 rings (SSSR count). The molecule has 84 valence electrons. The summed E-state index contributed by atoms with van der Waals surface area (Å²) in [5.74, 6) is -6.67. The lowest BCUT2D eigenvalue weighted by Gasteiger charge is -2.10. The second kappa shape index (κ2) is 4.57. The van der Waals surface area contributed by atoms with Crippen molar-refractivity contribution in [3.63, 3.8) is 0 Å². The largest absolute Gasteiger partial charge is 0.330 e. The zero-order valence-corrected chi connectivity index (χ0v) is 7.54. The van der Waals surface area contributed by atoms with Crippen molar-refractivity contribution in [1.29, 1.82) is 0 Å². The molecule has 0 aliphatic carbocycles. The van der Waals surface area contributed by atoms with E-state index in [4.69, 9.17) is 5.73 Å². The molecule has 0 bridgehead atoms. The van der Waals surface area contributed by atoms with Gasteiger partial charge in [0.2, 0.25) is 0 Å². The maximum Gasteiger partial charge on any atom is 0.168 e. The van der Waals surface area contributed by atoms with E-state index in [1.54, 1.807) is 0 Å². The summed E-state index contributed by atoms with van der Waals surface area (Å²) in [5.41, 5.74) is 3.73. The first kappa shape index (κ1) is 11.9. The van der Waals surface area contributed by atoms with E-state index in [1.165, 1.54) is 0 Å². The Bertz CT molecular complexity index is 340. The van der Waals surface area contributed by atoms with Gasteiger partial charge in [-0.15, -0.1) is 0 Å². The quantitative estimate of drug-likeness (QED) is 0.621. The Morgan fingerprint density at radius 3 is 1.93 bits per heavy atom. The van der Waals surface area contributed by atoms with E-state index in [9.17, 15) is 22.0 Å². The molecule has 15 heavy (non-hydrogen) atoms. The topological polar surface area (TPSA) is 26.0 Å². The van der Waals surface area contributed by atoms with E-state index in [1.807, 2.05) is 0 Å². The van der Waals surface area contributed by atoms with Gasteiger partial charge in [-0.1, -0.05) is 0 Å². The molecule has 0 amide bonds. The van der Waals surface area contributed by atoms with Gasteiger partial charge in [0, 0.05) is 6.07 Å². The van der Waals surface area contributed by atoms with Crippen LogP contribution in [0.25, 0.3) is 0 Å². The Labute approximate surface area is 82.7 Å². The smallest absolute Gasteiger partial charge is 0.168 e. The van der Waals surface area contributed by atoms with Gasteiger partial charge < -0.3 is 5.73 Å². The van der Waals surface area contributed by atoms with Crippen LogP contribution in [0, 0.1) is 23.3 Å². The van der Waals surface area contributed by atoms with Gasteiger partial charge in [0.25, 0.3) is 0 Å². The Morgan fingerprint density at radius 1 is 1.07 bits per heavy atom. The number of benzene rings is 1. The van der Waals surface area contributed by atoms with Crippen molar-refractivity contribution >= 4 is 0 Å². The van der Waals surface area contributed by atoms with Gasteiger partial charge in [0.1, 0.15) is 6.17 Å². The molecule has 0 aliphatic rings. The fourth-order valence-corrected chi connectivity index (χ4v) is 1.16. The van der Waals surface area contributed by atoms with E-state index < -0.39 is 41.4 Å². The predicted octanol–water partition coefficient (Wildman–Crippen LogP) is 2.60. The third-order valence-corrected chi connectivity index (χ3v) is 1.88. The molecule has 0 saturated heterocycles. The minimum absolute atomic E-state index is 0.0311. The highest BCUT2D eigenvalue weighted by atomic mass is 19.2. The normalized spacial score (nSPS) is 12.9. The van der Waals surface area contributed by atoms with E-state index in [2.05, 4.69) is 0 Å². The molecule has 1 aromatic carbocycles. The van der Waals surface area contributed by atoms with Crippen LogP contribution in [0.3, 0.4) is 0 Å². The van der Waals surface area contributed by atoms with E-state index in [0.29, 0.717) is 0 Å². The molecular weight excluding hydrogens is 217 g/mol. The summed E-state index contributed by atoms with van der Waals surface area (Å²) in [6.45, 7) is -0.182. The van der Waals surface area contributed by atoms with Crippen LogP contribution in [0.5, 0.6) is 0 Å². The van der Waals surface area contributed by atoms with Crippen LogP contribution in [-0.2, 0) is 0 Å². The predicted molar refractivity (Wildman–Crippen MR) is 43.8 cm³/mol. The van der Waals surface area contributed by atoms with Gasteiger partial charge >= 0.3 is 0 Å². The highest BCUT2D eigenvalue weighted by Gasteiger charge is 2.25. The van der Waals surface area contributed by atoms with Crippen molar-refractivity contribution < 1.29 is 22.0 Å². The molecule has 1 aromatic rings. The van der Waals surface area contributed by atoms with Crippen molar-refractivity contribution in [2.75, 3.05) is 6.54 Å². The van der Waals surface area contributed by atoms with Crippen LogP contribution in [0.4, 0.5) is 22.0 Å². The molecule has 1 atom stereocenters. The lowest BCUT2D eigenvalue weighted by atomic mass is 10.1. The summed E-state index contributed by atoms with van der Waals surface area (Å²) < 4.78 is 64.3. The van der Waals surface area contributed by atoms with Crippen molar-refractivity contribution in [3.8, 4) is 0 Å². The molecule has 1 nitrogen and oxygen atoms in total. The van der Waals surface area contributed by atoms with Crippen LogP contribution in [0.2, 0.25) is 0 Å². The first-order chi connectivity index (χ1) is 6.99. The molecule has 0 aliphatic heterocycles. The van der Waals surface area contributed by atoms with E-state index >= 15 is 0 Å². The van der Waals surface area contributed by atoms with Crippen LogP contribution in [-0.4, -0.2) is 6.54 Å². The van der Waals surface area contributed by atoms with E-state index in [0.717, 1.165) is 0 Å². The summed E-state index contributed by atoms with van der Waals surface area (Å²) >= 11 is 0. The molecule has 0 spiro atoms. The Hall–Kier alpha value is -1.17. The first-order valence-corrected chi connectivity index (χ1v) is 4.16. The summed E-state index contributed by atoms with van der Waals surface area (Å²) in [5, 5.41) is 0.